The van der Waals surface area contributed by atoms with Gasteiger partial charge in [-0.15, -0.1) is 0 Å². The molecule has 0 amide bonds. The lowest BCUT2D eigenvalue weighted by atomic mass is 10.1. The monoisotopic (exact) mass is 412 g/mol. The molecule has 0 heterocycles. The lowest BCUT2D eigenvalue weighted by Crippen LogP contribution is -2.05. The Labute approximate surface area is 140 Å². The van der Waals surface area contributed by atoms with Gasteiger partial charge in [-0.25, -0.2) is 4.79 Å². The summed E-state index contributed by atoms with van der Waals surface area (Å²) in [6.45, 7) is 3.83. The number of nitro benzene ring substituents is 1. The summed E-state index contributed by atoms with van der Waals surface area (Å²) in [5.41, 5.74) is 2.72. The van der Waals surface area contributed by atoms with Gasteiger partial charge < -0.3 is 10.4 Å². The number of non-ortho nitro benzene ring substituents is 1. The molecule has 0 spiro atoms. The van der Waals surface area contributed by atoms with Gasteiger partial charge >= 0.3 is 5.97 Å². The maximum absolute atomic E-state index is 11.3. The van der Waals surface area contributed by atoms with Crippen molar-refractivity contribution in [2.45, 2.75) is 13.8 Å². The molecule has 0 fully saturated rings. The summed E-state index contributed by atoms with van der Waals surface area (Å²) < 4.78 is 1.10. The van der Waals surface area contributed by atoms with E-state index in [1.165, 1.54) is 18.2 Å². The average Bonchev–Trinajstić information content (AvgIpc) is 2.44. The number of halogens is 1. The number of rotatable bonds is 4. The van der Waals surface area contributed by atoms with E-state index < -0.39 is 10.9 Å². The van der Waals surface area contributed by atoms with Gasteiger partial charge in [0.15, 0.2) is 0 Å². The highest BCUT2D eigenvalue weighted by Gasteiger charge is 2.16. The number of benzene rings is 2. The number of anilines is 2. The molecular weight excluding hydrogens is 399 g/mol. The van der Waals surface area contributed by atoms with Crippen LogP contribution >= 0.6 is 22.6 Å². The van der Waals surface area contributed by atoms with Crippen molar-refractivity contribution in [3.63, 3.8) is 0 Å². The predicted molar refractivity (Wildman–Crippen MR) is 92.0 cm³/mol. The first-order valence-corrected chi connectivity index (χ1v) is 7.43. The molecule has 0 radical (unpaired) electrons. The lowest BCUT2D eigenvalue weighted by Gasteiger charge is -2.13. The van der Waals surface area contributed by atoms with E-state index in [0.717, 1.165) is 20.4 Å². The van der Waals surface area contributed by atoms with E-state index in [9.17, 15) is 20.0 Å². The van der Waals surface area contributed by atoms with Gasteiger partial charge in [-0.05, 0) is 65.8 Å². The second-order valence-corrected chi connectivity index (χ2v) is 6.00. The van der Waals surface area contributed by atoms with Gasteiger partial charge in [-0.2, -0.15) is 0 Å². The number of hydrogen-bond acceptors (Lipinski definition) is 4. The highest BCUT2D eigenvalue weighted by Crippen LogP contribution is 2.29. The van der Waals surface area contributed by atoms with Crippen molar-refractivity contribution in [3.8, 4) is 0 Å². The molecule has 0 unspecified atom stereocenters. The molecule has 22 heavy (non-hydrogen) atoms. The lowest BCUT2D eigenvalue weighted by molar-refractivity contribution is -0.384. The van der Waals surface area contributed by atoms with Crippen LogP contribution in [0.4, 0.5) is 17.1 Å². The Morgan fingerprint density at radius 3 is 2.45 bits per heavy atom. The summed E-state index contributed by atoms with van der Waals surface area (Å²) in [6, 6.07) is 7.51. The molecule has 0 saturated carbocycles. The number of carboxylic acid groups (broad SMARTS) is 1. The van der Waals surface area contributed by atoms with Gasteiger partial charge in [0.05, 0.1) is 16.2 Å². The standard InChI is InChI=1S/C15H13IN2O4/c1-8-6-13(9(2)5-12(8)16)17-14-7-10(18(21)22)3-4-11(14)15(19)20/h3-7,17H,1-2H3,(H,19,20). The summed E-state index contributed by atoms with van der Waals surface area (Å²) in [7, 11) is 0. The van der Waals surface area contributed by atoms with Crippen LogP contribution in [0.3, 0.4) is 0 Å². The van der Waals surface area contributed by atoms with Gasteiger partial charge in [0.1, 0.15) is 0 Å². The smallest absolute Gasteiger partial charge is 0.337 e. The van der Waals surface area contributed by atoms with E-state index in [0.29, 0.717) is 0 Å². The summed E-state index contributed by atoms with van der Waals surface area (Å²) in [4.78, 5) is 21.6. The number of nitrogens with one attached hydrogen (secondary N) is 1. The van der Waals surface area contributed by atoms with Crippen molar-refractivity contribution in [2.24, 2.45) is 0 Å². The molecule has 114 valence electrons. The van der Waals surface area contributed by atoms with Gasteiger partial charge in [0.25, 0.3) is 5.69 Å². The van der Waals surface area contributed by atoms with E-state index in [4.69, 9.17) is 0 Å². The SMILES string of the molecule is Cc1cc(Nc2cc([N+](=O)[O-])ccc2C(=O)O)c(C)cc1I. The fourth-order valence-corrected chi connectivity index (χ4v) is 2.62. The van der Waals surface area contributed by atoms with Crippen LogP contribution in [0.5, 0.6) is 0 Å². The van der Waals surface area contributed by atoms with E-state index in [1.807, 2.05) is 26.0 Å². The minimum Gasteiger partial charge on any atom is -0.478 e. The fourth-order valence-electron chi connectivity index (χ4n) is 2.00. The number of carboxylic acids is 1. The Morgan fingerprint density at radius 1 is 1.18 bits per heavy atom. The number of hydrogen-bond donors (Lipinski definition) is 2. The molecule has 0 bridgehead atoms. The first kappa shape index (κ1) is 16.2. The molecule has 0 saturated heterocycles. The minimum absolute atomic E-state index is 0.0128. The van der Waals surface area contributed by atoms with Crippen LogP contribution in [0.25, 0.3) is 0 Å². The quantitative estimate of drug-likeness (QED) is 0.445. The summed E-state index contributed by atoms with van der Waals surface area (Å²) >= 11 is 2.22. The first-order chi connectivity index (χ1) is 10.3. The van der Waals surface area contributed by atoms with E-state index >= 15 is 0 Å². The molecule has 2 rings (SSSR count). The highest BCUT2D eigenvalue weighted by atomic mass is 127. The number of carbonyl (C=O) groups is 1. The third kappa shape index (κ3) is 3.35. The van der Waals surface area contributed by atoms with Gasteiger partial charge in [-0.3, -0.25) is 10.1 Å². The van der Waals surface area contributed by atoms with Crippen molar-refractivity contribution < 1.29 is 14.8 Å². The Hall–Kier alpha value is -2.16. The average molecular weight is 412 g/mol. The first-order valence-electron chi connectivity index (χ1n) is 6.35. The Morgan fingerprint density at radius 2 is 1.86 bits per heavy atom. The summed E-state index contributed by atoms with van der Waals surface area (Å²) in [6.07, 6.45) is 0. The highest BCUT2D eigenvalue weighted by molar-refractivity contribution is 14.1. The van der Waals surface area contributed by atoms with Gasteiger partial charge in [0.2, 0.25) is 0 Å². The molecule has 0 aliphatic heterocycles. The topological polar surface area (TPSA) is 92.5 Å². The van der Waals surface area contributed by atoms with Crippen molar-refractivity contribution in [2.75, 3.05) is 5.32 Å². The van der Waals surface area contributed by atoms with Crippen molar-refractivity contribution in [1.29, 1.82) is 0 Å². The summed E-state index contributed by atoms with van der Waals surface area (Å²) in [5.74, 6) is -1.14. The predicted octanol–water partition coefficient (Wildman–Crippen LogP) is 4.26. The number of nitro groups is 1. The largest absolute Gasteiger partial charge is 0.478 e. The van der Waals surface area contributed by atoms with Crippen LogP contribution in [-0.2, 0) is 0 Å². The number of aromatic carboxylic acids is 1. The molecule has 2 aromatic rings. The van der Waals surface area contributed by atoms with Crippen molar-refractivity contribution >= 4 is 45.6 Å². The summed E-state index contributed by atoms with van der Waals surface area (Å²) in [5, 5.41) is 23.1. The molecule has 2 aromatic carbocycles. The van der Waals surface area contributed by atoms with E-state index in [-0.39, 0.29) is 16.9 Å². The Kier molecular flexibility index (Phi) is 4.65. The number of aryl methyl sites for hydroxylation is 2. The molecule has 2 N–H and O–H groups in total. The Bertz CT molecular complexity index is 774. The van der Waals surface area contributed by atoms with Crippen LogP contribution in [-0.4, -0.2) is 16.0 Å². The molecule has 0 atom stereocenters. The zero-order valence-corrected chi connectivity index (χ0v) is 14.0. The van der Waals surface area contributed by atoms with Crippen LogP contribution in [0.15, 0.2) is 30.3 Å². The third-order valence-corrected chi connectivity index (χ3v) is 4.38. The van der Waals surface area contributed by atoms with E-state index in [2.05, 4.69) is 27.9 Å². The van der Waals surface area contributed by atoms with Crippen LogP contribution in [0.2, 0.25) is 0 Å². The number of nitrogens with zero attached hydrogens (tertiary/aromatic N) is 1. The minimum atomic E-state index is -1.14. The molecule has 0 aliphatic carbocycles. The second-order valence-electron chi connectivity index (χ2n) is 4.83. The van der Waals surface area contributed by atoms with Crippen LogP contribution < -0.4 is 5.32 Å². The Balaban J connectivity index is 2.52. The van der Waals surface area contributed by atoms with E-state index in [1.54, 1.807) is 0 Å². The molecule has 0 aliphatic rings. The van der Waals surface area contributed by atoms with Crippen molar-refractivity contribution in [1.82, 2.24) is 0 Å². The zero-order chi connectivity index (χ0) is 16.4. The maximum atomic E-state index is 11.3. The molecule has 6 nitrogen and oxygen atoms in total. The molecular formula is C15H13IN2O4. The fraction of sp³-hybridized carbons (Fsp3) is 0.133. The van der Waals surface area contributed by atoms with Crippen LogP contribution in [0.1, 0.15) is 21.5 Å². The normalized spacial score (nSPS) is 10.3. The van der Waals surface area contributed by atoms with Gasteiger partial charge in [-0.1, -0.05) is 0 Å². The van der Waals surface area contributed by atoms with Crippen molar-refractivity contribution in [3.05, 3.63) is 60.7 Å². The van der Waals surface area contributed by atoms with Gasteiger partial charge in [0, 0.05) is 21.4 Å². The molecule has 7 heteroatoms. The second kappa shape index (κ2) is 6.30. The van der Waals surface area contributed by atoms with Crippen LogP contribution in [0, 0.1) is 27.5 Å². The third-order valence-electron chi connectivity index (χ3n) is 3.22. The molecule has 0 aromatic heterocycles. The zero-order valence-electron chi connectivity index (χ0n) is 11.9. The maximum Gasteiger partial charge on any atom is 0.337 e.